The highest BCUT2D eigenvalue weighted by Crippen LogP contribution is 2.41. The number of alkyl halides is 3. The molecule has 0 amide bonds. The largest absolute Gasteiger partial charge is 0.416 e. The highest BCUT2D eigenvalue weighted by Gasteiger charge is 2.41. The molecule has 0 saturated carbocycles. The highest BCUT2D eigenvalue weighted by atomic mass is 28.3. The molecule has 0 saturated heterocycles. The fraction of sp³-hybridized carbons (Fsp3) is 0.308. The zero-order chi connectivity index (χ0) is 41.5. The molecule has 0 N–H and O–H groups in total. The SMILES string of the molecule is CCc1cc(C#Cc2cc(-c3ccc(N(C)C)cc3)c(C#C[Si](C(C)C)(C(C)C)C(C)C)cc2-c2ccc(C(F)(F)F)cc2)c(CC)cc1C#Cc1ccccc1. The van der Waals surface area contributed by atoms with Crippen molar-refractivity contribution in [2.45, 2.75) is 91.0 Å². The van der Waals surface area contributed by atoms with Crippen LogP contribution in [-0.4, -0.2) is 22.2 Å². The van der Waals surface area contributed by atoms with Gasteiger partial charge in [0.05, 0.1) is 5.56 Å². The molecule has 57 heavy (non-hydrogen) atoms. The molecule has 0 spiro atoms. The number of benzene rings is 5. The number of halogens is 3. The number of hydrogen-bond acceptors (Lipinski definition) is 1. The maximum atomic E-state index is 13.7. The van der Waals surface area contributed by atoms with E-state index in [1.54, 1.807) is 12.1 Å². The van der Waals surface area contributed by atoms with Crippen LogP contribution in [0.1, 0.15) is 99.9 Å². The van der Waals surface area contributed by atoms with Crippen molar-refractivity contribution in [1.82, 2.24) is 0 Å². The lowest BCUT2D eigenvalue weighted by atomic mass is 9.90. The van der Waals surface area contributed by atoms with Crippen LogP contribution < -0.4 is 4.90 Å². The predicted molar refractivity (Wildman–Crippen MR) is 238 cm³/mol. The third-order valence-corrected chi connectivity index (χ3v) is 17.5. The normalized spacial score (nSPS) is 11.4. The van der Waals surface area contributed by atoms with E-state index in [-0.39, 0.29) is 0 Å². The minimum atomic E-state index is -4.44. The summed E-state index contributed by atoms with van der Waals surface area (Å²) in [7, 11) is 1.90. The van der Waals surface area contributed by atoms with Gasteiger partial charge < -0.3 is 4.90 Å². The number of hydrogen-bond donors (Lipinski definition) is 0. The Morgan fingerprint density at radius 1 is 0.544 bits per heavy atom. The molecule has 0 unspecified atom stereocenters. The Morgan fingerprint density at radius 3 is 1.42 bits per heavy atom. The van der Waals surface area contributed by atoms with E-state index in [1.165, 1.54) is 0 Å². The minimum absolute atomic E-state index is 0.434. The molecule has 0 aliphatic heterocycles. The summed E-state index contributed by atoms with van der Waals surface area (Å²) in [6.07, 6.45) is -2.88. The maximum absolute atomic E-state index is 13.7. The first-order chi connectivity index (χ1) is 27.1. The van der Waals surface area contributed by atoms with E-state index < -0.39 is 19.8 Å². The van der Waals surface area contributed by atoms with Gasteiger partial charge in [-0.2, -0.15) is 13.2 Å². The van der Waals surface area contributed by atoms with Gasteiger partial charge in [0.1, 0.15) is 8.07 Å². The number of nitrogens with zero attached hydrogens (tertiary/aromatic N) is 1. The molecule has 292 valence electrons. The lowest BCUT2D eigenvalue weighted by Gasteiger charge is -2.38. The van der Waals surface area contributed by atoms with Gasteiger partial charge in [-0.05, 0) is 124 Å². The van der Waals surface area contributed by atoms with Gasteiger partial charge in [-0.3, -0.25) is 0 Å². The van der Waals surface area contributed by atoms with Crippen molar-refractivity contribution < 1.29 is 13.2 Å². The second-order valence-corrected chi connectivity index (χ2v) is 21.4. The Morgan fingerprint density at radius 2 is 0.982 bits per heavy atom. The first kappa shape index (κ1) is 42.7. The standard InChI is InChI=1S/C52H54F3NSi/c1-11-40-33-45(41(12-2)32-44(40)19-18-39-16-14-13-15-17-39)20-21-46-34-51(43-24-28-49(29-25-43)56(9)10)47(30-31-57(36(3)4,37(5)6)38(7)8)35-50(46)42-22-26-48(27-23-42)52(53,54)55/h13-17,22-29,32-38H,11-12H2,1-10H3. The fourth-order valence-corrected chi connectivity index (χ4v) is 13.2. The Hall–Kier alpha value is -5.41. The van der Waals surface area contributed by atoms with E-state index in [0.717, 1.165) is 86.3 Å². The molecule has 5 aromatic carbocycles. The summed E-state index contributed by atoms with van der Waals surface area (Å²) >= 11 is 0. The highest BCUT2D eigenvalue weighted by molar-refractivity contribution is 6.90. The van der Waals surface area contributed by atoms with Gasteiger partial charge in [-0.25, -0.2) is 0 Å². The third kappa shape index (κ3) is 9.76. The van der Waals surface area contributed by atoms with E-state index in [1.807, 2.05) is 44.4 Å². The molecule has 5 rings (SSSR count). The Kier molecular flexibility index (Phi) is 13.7. The minimum Gasteiger partial charge on any atom is -0.378 e. The summed E-state index contributed by atoms with van der Waals surface area (Å²) in [5, 5.41) is 0. The smallest absolute Gasteiger partial charge is 0.378 e. The summed E-state index contributed by atoms with van der Waals surface area (Å²) in [6.45, 7) is 18.0. The second kappa shape index (κ2) is 18.2. The van der Waals surface area contributed by atoms with Crippen molar-refractivity contribution >= 4 is 13.8 Å². The van der Waals surface area contributed by atoms with Crippen molar-refractivity contribution in [3.05, 3.63) is 148 Å². The lowest BCUT2D eigenvalue weighted by Crippen LogP contribution is -2.43. The number of aryl methyl sites for hydroxylation is 2. The van der Waals surface area contributed by atoms with Crippen molar-refractivity contribution in [1.29, 1.82) is 0 Å². The Bertz CT molecular complexity index is 2350. The van der Waals surface area contributed by atoms with Crippen molar-refractivity contribution in [3.63, 3.8) is 0 Å². The van der Waals surface area contributed by atoms with E-state index in [9.17, 15) is 13.2 Å². The van der Waals surface area contributed by atoms with Crippen molar-refractivity contribution in [2.24, 2.45) is 0 Å². The molecular formula is C52H54F3NSi. The van der Waals surface area contributed by atoms with E-state index in [0.29, 0.717) is 22.2 Å². The first-order valence-corrected chi connectivity index (χ1v) is 22.2. The molecule has 0 fully saturated rings. The number of rotatable bonds is 8. The molecule has 0 heterocycles. The van der Waals surface area contributed by atoms with Crippen LogP contribution in [0.5, 0.6) is 0 Å². The van der Waals surface area contributed by atoms with Gasteiger partial charge >= 0.3 is 6.18 Å². The molecule has 0 radical (unpaired) electrons. The van der Waals surface area contributed by atoms with Gasteiger partial charge in [0, 0.05) is 47.6 Å². The van der Waals surface area contributed by atoms with Crippen molar-refractivity contribution in [2.75, 3.05) is 19.0 Å². The first-order valence-electron chi connectivity index (χ1n) is 20.0. The monoisotopic (exact) mass is 777 g/mol. The van der Waals surface area contributed by atoms with Crippen LogP contribution in [0.25, 0.3) is 22.3 Å². The molecule has 0 atom stereocenters. The van der Waals surface area contributed by atoms with Crippen LogP contribution in [0.2, 0.25) is 16.6 Å². The van der Waals surface area contributed by atoms with Crippen LogP contribution in [-0.2, 0) is 19.0 Å². The Balaban J connectivity index is 1.79. The molecule has 5 aromatic rings. The Labute approximate surface area is 340 Å². The molecular weight excluding hydrogens is 724 g/mol. The van der Waals surface area contributed by atoms with Gasteiger partial charge in [0.25, 0.3) is 0 Å². The summed E-state index contributed by atoms with van der Waals surface area (Å²) in [6, 6.07) is 32.2. The average molecular weight is 778 g/mol. The maximum Gasteiger partial charge on any atom is 0.416 e. The topological polar surface area (TPSA) is 3.24 Å². The molecule has 0 bridgehead atoms. The fourth-order valence-electron chi connectivity index (χ4n) is 7.97. The van der Waals surface area contributed by atoms with Crippen LogP contribution in [0.3, 0.4) is 0 Å². The third-order valence-electron chi connectivity index (χ3n) is 11.2. The van der Waals surface area contributed by atoms with Gasteiger partial charge in [0.2, 0.25) is 0 Å². The summed E-state index contributed by atoms with van der Waals surface area (Å²) in [5.41, 5.74) is 15.6. The summed E-state index contributed by atoms with van der Waals surface area (Å²) < 4.78 is 41.2. The quantitative estimate of drug-likeness (QED) is 0.112. The number of anilines is 1. The van der Waals surface area contributed by atoms with Crippen LogP contribution in [0.15, 0.2) is 103 Å². The molecule has 5 heteroatoms. The van der Waals surface area contributed by atoms with Gasteiger partial charge in [-0.1, -0.05) is 127 Å². The molecule has 0 aliphatic rings. The second-order valence-electron chi connectivity index (χ2n) is 15.8. The van der Waals surface area contributed by atoms with Gasteiger partial charge in [-0.15, -0.1) is 5.54 Å². The zero-order valence-electron chi connectivity index (χ0n) is 35.0. The molecule has 0 aromatic heterocycles. The van der Waals surface area contributed by atoms with E-state index in [2.05, 4.69) is 144 Å². The predicted octanol–water partition coefficient (Wildman–Crippen LogP) is 13.6. The average Bonchev–Trinajstić information content (AvgIpc) is 3.19. The van der Waals surface area contributed by atoms with E-state index in [4.69, 9.17) is 0 Å². The zero-order valence-corrected chi connectivity index (χ0v) is 36.0. The lowest BCUT2D eigenvalue weighted by molar-refractivity contribution is -0.137. The summed E-state index contributed by atoms with van der Waals surface area (Å²) in [4.78, 5) is 2.07. The van der Waals surface area contributed by atoms with Crippen LogP contribution >= 0.6 is 0 Å². The summed E-state index contributed by atoms with van der Waals surface area (Å²) in [5.74, 6) is 17.4. The van der Waals surface area contributed by atoms with Gasteiger partial charge in [0.15, 0.2) is 0 Å². The van der Waals surface area contributed by atoms with Crippen LogP contribution in [0, 0.1) is 35.1 Å². The molecule has 0 aliphatic carbocycles. The molecule has 1 nitrogen and oxygen atoms in total. The van der Waals surface area contributed by atoms with Crippen LogP contribution in [0.4, 0.5) is 18.9 Å². The van der Waals surface area contributed by atoms with Crippen molar-refractivity contribution in [3.8, 4) is 57.4 Å². The van der Waals surface area contributed by atoms with E-state index >= 15 is 0 Å².